The lowest BCUT2D eigenvalue weighted by Gasteiger charge is -2.37. The number of amides is 3. The number of rotatable bonds is 8. The van der Waals surface area contributed by atoms with Crippen LogP contribution in [-0.4, -0.2) is 76.1 Å². The average Bonchev–Trinajstić information content (AvgIpc) is 3.25. The fourth-order valence-corrected chi connectivity index (χ4v) is 7.31. The molecule has 4 heterocycles. The molecule has 2 aromatic carbocycles. The number of benzene rings is 2. The number of aliphatic hydroxyl groups excluding tert-OH is 1. The van der Waals surface area contributed by atoms with Gasteiger partial charge in [-0.1, -0.05) is 66.2 Å². The summed E-state index contributed by atoms with van der Waals surface area (Å²) in [5.41, 5.74) is -0.697. The van der Waals surface area contributed by atoms with Gasteiger partial charge >= 0.3 is 0 Å². The predicted molar refractivity (Wildman–Crippen MR) is 160 cm³/mol. The van der Waals surface area contributed by atoms with Gasteiger partial charge in [0.1, 0.15) is 11.6 Å². The first-order valence-electron chi connectivity index (χ1n) is 14.7. The minimum atomic E-state index is -1.30. The summed E-state index contributed by atoms with van der Waals surface area (Å²) in [5.74, 6) is -2.29. The van der Waals surface area contributed by atoms with Crippen LogP contribution in [-0.2, 0) is 25.7 Å². The van der Waals surface area contributed by atoms with E-state index in [2.05, 4.69) is 0 Å². The number of unbranched alkanes of at least 4 members (excludes halogenated alkanes) is 2. The Morgan fingerprint density at radius 3 is 2.36 bits per heavy atom. The average molecular weight is 590 g/mol. The molecule has 9 heteroatoms. The Kier molecular flexibility index (Phi) is 7.72. The molecule has 1 N–H and O–H groups in total. The molecule has 1 unspecified atom stereocenters. The number of halogens is 1. The van der Waals surface area contributed by atoms with Crippen LogP contribution >= 0.6 is 11.6 Å². The number of nitrogens with zero attached hydrogens (tertiary/aromatic N) is 3. The Labute approximate surface area is 251 Å². The number of likely N-dealkylation sites (tertiary alicyclic amines) is 1. The van der Waals surface area contributed by atoms with Crippen molar-refractivity contribution in [2.75, 3.05) is 31.1 Å². The van der Waals surface area contributed by atoms with Gasteiger partial charge in [0, 0.05) is 43.5 Å². The van der Waals surface area contributed by atoms with Crippen molar-refractivity contribution in [3.8, 4) is 0 Å². The first kappa shape index (κ1) is 28.6. The van der Waals surface area contributed by atoms with E-state index in [1.54, 1.807) is 39.0 Å². The van der Waals surface area contributed by atoms with Crippen molar-refractivity contribution in [1.29, 1.82) is 0 Å². The van der Waals surface area contributed by atoms with Gasteiger partial charge in [-0.25, -0.2) is 0 Å². The molecule has 2 aromatic rings. The molecule has 0 bridgehead atoms. The van der Waals surface area contributed by atoms with Gasteiger partial charge < -0.3 is 24.5 Å². The maximum Gasteiger partial charge on any atom is 0.253 e. The third kappa shape index (κ3) is 4.75. The largest absolute Gasteiger partial charge is 0.396 e. The van der Waals surface area contributed by atoms with Crippen LogP contribution in [0.15, 0.2) is 78.9 Å². The quantitative estimate of drug-likeness (QED) is 0.372. The highest BCUT2D eigenvalue weighted by Gasteiger charge is 2.74. The molecule has 42 heavy (non-hydrogen) atoms. The Balaban J connectivity index is 1.40. The van der Waals surface area contributed by atoms with E-state index in [9.17, 15) is 19.5 Å². The number of carbonyl (C=O) groups is 3. The van der Waals surface area contributed by atoms with Crippen LogP contribution in [0, 0.1) is 11.8 Å². The number of anilines is 1. The van der Waals surface area contributed by atoms with Gasteiger partial charge in [0.25, 0.3) is 5.91 Å². The second-order valence-electron chi connectivity index (χ2n) is 11.7. The summed E-state index contributed by atoms with van der Waals surface area (Å²) in [5, 5.41) is 9.87. The summed E-state index contributed by atoms with van der Waals surface area (Å²) in [4.78, 5) is 48.4. The first-order chi connectivity index (χ1) is 20.3. The molecular weight excluding hydrogens is 554 g/mol. The van der Waals surface area contributed by atoms with Crippen molar-refractivity contribution >= 4 is 35.0 Å². The van der Waals surface area contributed by atoms with Crippen molar-refractivity contribution in [3.05, 3.63) is 89.5 Å². The molecule has 6 rings (SSSR count). The van der Waals surface area contributed by atoms with Crippen LogP contribution in [0.25, 0.3) is 0 Å². The van der Waals surface area contributed by atoms with E-state index in [0.717, 1.165) is 5.56 Å². The van der Waals surface area contributed by atoms with Crippen molar-refractivity contribution < 1.29 is 24.2 Å². The van der Waals surface area contributed by atoms with E-state index in [1.165, 1.54) is 0 Å². The van der Waals surface area contributed by atoms with E-state index in [1.807, 2.05) is 61.6 Å². The van der Waals surface area contributed by atoms with Crippen LogP contribution in [0.3, 0.4) is 0 Å². The van der Waals surface area contributed by atoms with Crippen molar-refractivity contribution in [1.82, 2.24) is 9.80 Å². The van der Waals surface area contributed by atoms with Crippen molar-refractivity contribution in [3.63, 3.8) is 0 Å². The Morgan fingerprint density at radius 2 is 1.62 bits per heavy atom. The topological polar surface area (TPSA) is 90.4 Å². The molecule has 220 valence electrons. The molecule has 1 spiro atoms. The second-order valence-corrected chi connectivity index (χ2v) is 12.2. The third-order valence-corrected chi connectivity index (χ3v) is 9.30. The molecular formula is C33H36ClN3O5. The number of ether oxygens (including phenoxy) is 1. The Hall–Kier alpha value is -3.46. The summed E-state index contributed by atoms with van der Waals surface area (Å²) >= 11 is 6.13. The summed E-state index contributed by atoms with van der Waals surface area (Å²) in [6.07, 6.45) is 9.54. The summed E-state index contributed by atoms with van der Waals surface area (Å²) in [7, 11) is 0. The molecule has 2 saturated heterocycles. The van der Waals surface area contributed by atoms with E-state index in [4.69, 9.17) is 16.3 Å². The molecule has 4 aliphatic rings. The number of carbonyl (C=O) groups excluding carboxylic acids is 3. The highest BCUT2D eigenvalue weighted by atomic mass is 35.5. The maximum absolute atomic E-state index is 14.5. The lowest BCUT2D eigenvalue weighted by atomic mass is 9.74. The Bertz CT molecular complexity index is 1410. The maximum atomic E-state index is 14.5. The molecule has 4 aliphatic heterocycles. The predicted octanol–water partition coefficient (Wildman–Crippen LogP) is 3.97. The van der Waals surface area contributed by atoms with Gasteiger partial charge in [-0.2, -0.15) is 0 Å². The number of hydrogen-bond acceptors (Lipinski definition) is 5. The van der Waals surface area contributed by atoms with Gasteiger partial charge in [0.2, 0.25) is 11.8 Å². The van der Waals surface area contributed by atoms with Gasteiger partial charge in [-0.3, -0.25) is 14.4 Å². The zero-order chi connectivity index (χ0) is 29.5. The number of fused-ring (bicyclic) bond motifs is 2. The van der Waals surface area contributed by atoms with E-state index < -0.39 is 29.1 Å². The molecule has 0 saturated carbocycles. The van der Waals surface area contributed by atoms with Gasteiger partial charge in [-0.05, 0) is 56.0 Å². The minimum absolute atomic E-state index is 0.0670. The van der Waals surface area contributed by atoms with Crippen LogP contribution in [0.1, 0.15) is 31.7 Å². The lowest BCUT2D eigenvalue weighted by Crippen LogP contribution is -2.56. The van der Waals surface area contributed by atoms with E-state index in [0.29, 0.717) is 56.2 Å². The number of hydrogen-bond donors (Lipinski definition) is 1. The van der Waals surface area contributed by atoms with Gasteiger partial charge in [-0.15, -0.1) is 0 Å². The van der Waals surface area contributed by atoms with Gasteiger partial charge in [0.15, 0.2) is 0 Å². The number of aliphatic hydroxyl groups is 1. The van der Waals surface area contributed by atoms with Crippen molar-refractivity contribution in [2.24, 2.45) is 11.8 Å². The van der Waals surface area contributed by atoms with Crippen LogP contribution < -0.4 is 4.90 Å². The summed E-state index contributed by atoms with van der Waals surface area (Å²) < 4.78 is 6.91. The fraction of sp³-hybridized carbons (Fsp3) is 0.424. The Morgan fingerprint density at radius 1 is 0.881 bits per heavy atom. The van der Waals surface area contributed by atoms with Crippen LogP contribution in [0.5, 0.6) is 0 Å². The standard InChI is InChI=1S/C33H36ClN3O5/c1-32-16-8-18-35(22-23-10-4-2-5-11-23)29(39)26(32)27-30(40)37(19-6-3-7-21-38)28-31(41)36(20-9-17-33(27,28)42-32)25-14-12-24(34)13-15-25/h2,4-5,8-17,26-28,38H,3,6-7,18-22H2,1H3/t26-,27+,28?,32+,33+/m1/s1. The molecule has 2 fully saturated rings. The lowest BCUT2D eigenvalue weighted by molar-refractivity contribution is -0.148. The molecule has 0 aromatic heterocycles. The monoisotopic (exact) mass is 589 g/mol. The molecule has 0 aliphatic carbocycles. The molecule has 8 nitrogen and oxygen atoms in total. The highest BCUT2D eigenvalue weighted by molar-refractivity contribution is 6.30. The fourth-order valence-electron chi connectivity index (χ4n) is 7.18. The SMILES string of the molecule is C[C@]12C=CCN(Cc3ccccc3)C(=O)[C@H]1[C@H]1C(=O)N(CCCCCO)C3C(=O)N(c4ccc(Cl)cc4)CC=C[C@@]31O2. The van der Waals surface area contributed by atoms with Crippen LogP contribution in [0.2, 0.25) is 5.02 Å². The summed E-state index contributed by atoms with van der Waals surface area (Å²) in [6, 6.07) is 15.9. The van der Waals surface area contributed by atoms with Gasteiger partial charge in [0.05, 0.1) is 17.4 Å². The van der Waals surface area contributed by atoms with Crippen LogP contribution in [0.4, 0.5) is 5.69 Å². The normalized spacial score (nSPS) is 30.3. The first-order valence-corrected chi connectivity index (χ1v) is 15.0. The molecule has 5 atom stereocenters. The zero-order valence-electron chi connectivity index (χ0n) is 23.7. The minimum Gasteiger partial charge on any atom is -0.396 e. The summed E-state index contributed by atoms with van der Waals surface area (Å²) in [6.45, 7) is 3.38. The third-order valence-electron chi connectivity index (χ3n) is 9.05. The zero-order valence-corrected chi connectivity index (χ0v) is 24.5. The van der Waals surface area contributed by atoms with Crippen molar-refractivity contribution in [2.45, 2.75) is 50.0 Å². The van der Waals surface area contributed by atoms with E-state index in [-0.39, 0.29) is 24.3 Å². The second kappa shape index (κ2) is 11.3. The van der Waals surface area contributed by atoms with E-state index >= 15 is 0 Å². The highest BCUT2D eigenvalue weighted by Crippen LogP contribution is 2.57. The smallest absolute Gasteiger partial charge is 0.253 e. The molecule has 0 radical (unpaired) electrons. The molecule has 3 amide bonds.